The highest BCUT2D eigenvalue weighted by molar-refractivity contribution is 6.30. The molecule has 4 rings (SSSR count). The van der Waals surface area contributed by atoms with Crippen LogP contribution in [0.5, 0.6) is 0 Å². The Hall–Kier alpha value is -4.04. The zero-order valence-corrected chi connectivity index (χ0v) is 21.8. The summed E-state index contributed by atoms with van der Waals surface area (Å²) < 4.78 is 8.37. The minimum absolute atomic E-state index is 0.0229. The average Bonchev–Trinajstić information content (AvgIpc) is 2.85. The molecular weight excluding hydrogens is 492 g/mol. The van der Waals surface area contributed by atoms with E-state index in [1.165, 1.54) is 16.5 Å². The Bertz CT molecular complexity index is 1660. The third kappa shape index (κ3) is 5.54. The van der Waals surface area contributed by atoms with Crippen LogP contribution in [0.3, 0.4) is 0 Å². The zero-order chi connectivity index (χ0) is 26.7. The van der Waals surface area contributed by atoms with Crippen molar-refractivity contribution in [1.29, 1.82) is 0 Å². The first-order valence-electron chi connectivity index (χ1n) is 11.9. The molecule has 0 saturated heterocycles. The molecule has 190 valence electrons. The number of halogens is 1. The van der Waals surface area contributed by atoms with Crippen molar-refractivity contribution in [3.8, 4) is 0 Å². The van der Waals surface area contributed by atoms with Gasteiger partial charge in [0.15, 0.2) is 5.49 Å². The number of aryl methyl sites for hydroxylation is 1. The van der Waals surface area contributed by atoms with Crippen LogP contribution in [0, 0.1) is 12.8 Å². The highest BCUT2D eigenvalue weighted by Crippen LogP contribution is 2.15. The number of fused-ring (bicyclic) bond motifs is 2. The Labute approximate surface area is 218 Å². The summed E-state index contributed by atoms with van der Waals surface area (Å²) in [4.78, 5) is 48.5. The van der Waals surface area contributed by atoms with Gasteiger partial charge in [-0.05, 0) is 61.2 Å². The summed E-state index contributed by atoms with van der Waals surface area (Å²) in [5.74, 6) is -1.16. The highest BCUT2D eigenvalue weighted by Gasteiger charge is 2.20. The van der Waals surface area contributed by atoms with Gasteiger partial charge in [0.05, 0.1) is 12.0 Å². The molecule has 37 heavy (non-hydrogen) atoms. The lowest BCUT2D eigenvalue weighted by atomic mass is 10.1. The molecule has 0 N–H and O–H groups in total. The summed E-state index contributed by atoms with van der Waals surface area (Å²) in [7, 11) is 0. The maximum Gasteiger partial charge on any atom is 0.341 e. The number of carbonyl (C=O) groups is 2. The van der Waals surface area contributed by atoms with Crippen molar-refractivity contribution < 1.29 is 14.3 Å². The summed E-state index contributed by atoms with van der Waals surface area (Å²) >= 11 is 5.93. The normalized spacial score (nSPS) is 12.2. The van der Waals surface area contributed by atoms with Gasteiger partial charge in [0.25, 0.3) is 11.5 Å². The van der Waals surface area contributed by atoms with Crippen LogP contribution in [0.1, 0.15) is 42.3 Å². The van der Waals surface area contributed by atoms with Crippen molar-refractivity contribution >= 4 is 46.2 Å². The zero-order valence-electron chi connectivity index (χ0n) is 21.1. The van der Waals surface area contributed by atoms with E-state index in [0.717, 1.165) is 11.1 Å². The van der Waals surface area contributed by atoms with Crippen LogP contribution in [0.15, 0.2) is 64.5 Å². The molecule has 8 nitrogen and oxygen atoms in total. The standard InChI is InChI=1S/C28H27ClN4O4/c1-5-37-28(36)22-15-21-25(31-24-18(4)7-6-14-32(24)27(21)35)33(16-17(2)3)26(22)30-23(34)13-10-19-8-11-20(29)12-9-19/h6-15,17H,5,16H2,1-4H3. The lowest BCUT2D eigenvalue weighted by Gasteiger charge is -2.17. The average molecular weight is 519 g/mol. The van der Waals surface area contributed by atoms with Crippen molar-refractivity contribution in [1.82, 2.24) is 14.0 Å². The molecule has 0 radical (unpaired) electrons. The molecule has 0 unspecified atom stereocenters. The molecule has 3 heterocycles. The fourth-order valence-electron chi connectivity index (χ4n) is 3.99. The number of carbonyl (C=O) groups excluding carboxylic acids is 2. The van der Waals surface area contributed by atoms with Gasteiger partial charge >= 0.3 is 5.97 Å². The predicted octanol–water partition coefficient (Wildman–Crippen LogP) is 4.58. The molecule has 9 heteroatoms. The summed E-state index contributed by atoms with van der Waals surface area (Å²) in [5.41, 5.74) is 2.20. The monoisotopic (exact) mass is 518 g/mol. The predicted molar refractivity (Wildman–Crippen MR) is 144 cm³/mol. The Kier molecular flexibility index (Phi) is 7.69. The van der Waals surface area contributed by atoms with Crippen molar-refractivity contribution in [3.63, 3.8) is 0 Å². The maximum absolute atomic E-state index is 13.5. The van der Waals surface area contributed by atoms with E-state index < -0.39 is 11.9 Å². The van der Waals surface area contributed by atoms with Gasteiger partial charge in [0.2, 0.25) is 0 Å². The first-order chi connectivity index (χ1) is 17.7. The van der Waals surface area contributed by atoms with Crippen LogP contribution in [0.4, 0.5) is 0 Å². The van der Waals surface area contributed by atoms with E-state index in [0.29, 0.717) is 22.9 Å². The van der Waals surface area contributed by atoms with Crippen LogP contribution >= 0.6 is 11.6 Å². The Morgan fingerprint density at radius 2 is 1.89 bits per heavy atom. The van der Waals surface area contributed by atoms with Crippen molar-refractivity contribution in [2.45, 2.75) is 34.2 Å². The van der Waals surface area contributed by atoms with Crippen LogP contribution in [-0.4, -0.2) is 32.4 Å². The molecule has 0 aliphatic carbocycles. The van der Waals surface area contributed by atoms with Crippen LogP contribution < -0.4 is 11.0 Å². The smallest absolute Gasteiger partial charge is 0.341 e. The summed E-state index contributed by atoms with van der Waals surface area (Å²) in [6, 6.07) is 12.0. The van der Waals surface area contributed by atoms with Crippen LogP contribution in [-0.2, 0) is 16.1 Å². The quantitative estimate of drug-likeness (QED) is 0.211. The van der Waals surface area contributed by atoms with Gasteiger partial charge < -0.3 is 9.30 Å². The molecule has 0 atom stereocenters. The number of benzene rings is 1. The van der Waals surface area contributed by atoms with Crippen molar-refractivity contribution in [2.75, 3.05) is 6.61 Å². The third-order valence-corrected chi connectivity index (χ3v) is 5.90. The molecule has 1 amide bonds. The molecule has 3 aromatic heterocycles. The molecule has 0 aliphatic rings. The van der Waals surface area contributed by atoms with E-state index in [9.17, 15) is 14.4 Å². The van der Waals surface area contributed by atoms with E-state index in [1.807, 2.05) is 26.8 Å². The molecule has 0 fully saturated rings. The number of esters is 1. The Morgan fingerprint density at radius 3 is 2.57 bits per heavy atom. The van der Waals surface area contributed by atoms with E-state index in [2.05, 4.69) is 4.99 Å². The number of amides is 1. The maximum atomic E-state index is 13.5. The second-order valence-corrected chi connectivity index (χ2v) is 9.42. The highest BCUT2D eigenvalue weighted by atomic mass is 35.5. The van der Waals surface area contributed by atoms with Gasteiger partial charge in [-0.3, -0.25) is 14.0 Å². The van der Waals surface area contributed by atoms with Crippen molar-refractivity contribution in [2.24, 2.45) is 10.9 Å². The molecular formula is C28H27ClN4O4. The molecule has 0 bridgehead atoms. The van der Waals surface area contributed by atoms with Gasteiger partial charge in [0.1, 0.15) is 16.9 Å². The number of pyridine rings is 2. The lowest BCUT2D eigenvalue weighted by molar-refractivity contribution is -0.113. The second kappa shape index (κ2) is 10.9. The minimum Gasteiger partial charge on any atom is -0.462 e. The number of hydrogen-bond acceptors (Lipinski definition) is 5. The third-order valence-electron chi connectivity index (χ3n) is 5.65. The van der Waals surface area contributed by atoms with E-state index in [-0.39, 0.29) is 34.5 Å². The van der Waals surface area contributed by atoms with Gasteiger partial charge in [-0.2, -0.15) is 4.99 Å². The SMILES string of the molecule is CCOC(=O)c1cc2c(=O)n3cccc(C)c3nc2n(CC(C)C)c1=NC(=O)C=Cc1ccc(Cl)cc1. The molecule has 0 aliphatic heterocycles. The van der Waals surface area contributed by atoms with E-state index in [4.69, 9.17) is 21.3 Å². The fourth-order valence-corrected chi connectivity index (χ4v) is 4.11. The topological polar surface area (TPSA) is 95.0 Å². The first kappa shape index (κ1) is 26.0. The van der Waals surface area contributed by atoms with Crippen LogP contribution in [0.25, 0.3) is 22.8 Å². The summed E-state index contributed by atoms with van der Waals surface area (Å²) in [5, 5.41) is 0.819. The molecule has 1 aromatic carbocycles. The molecule has 0 saturated carbocycles. The largest absolute Gasteiger partial charge is 0.462 e. The van der Waals surface area contributed by atoms with Crippen molar-refractivity contribution in [3.05, 3.63) is 92.3 Å². The lowest BCUT2D eigenvalue weighted by Crippen LogP contribution is -2.33. The fraction of sp³-hybridized carbons (Fsp3) is 0.250. The number of rotatable bonds is 6. The summed E-state index contributed by atoms with van der Waals surface area (Å²) in [6.07, 6.45) is 4.56. The van der Waals surface area contributed by atoms with Gasteiger partial charge in [0, 0.05) is 23.8 Å². The number of nitrogens with zero attached hydrogens (tertiary/aromatic N) is 4. The van der Waals surface area contributed by atoms with Gasteiger partial charge in [-0.25, -0.2) is 9.78 Å². The van der Waals surface area contributed by atoms with E-state index >= 15 is 0 Å². The Balaban J connectivity index is 2.03. The number of aromatic nitrogens is 3. The molecule has 4 aromatic rings. The minimum atomic E-state index is -0.677. The Morgan fingerprint density at radius 1 is 1.16 bits per heavy atom. The van der Waals surface area contributed by atoms with Crippen LogP contribution in [0.2, 0.25) is 5.02 Å². The number of ether oxygens (including phenoxy) is 1. The number of hydrogen-bond donors (Lipinski definition) is 0. The van der Waals surface area contributed by atoms with Gasteiger partial charge in [-0.15, -0.1) is 0 Å². The summed E-state index contributed by atoms with van der Waals surface area (Å²) in [6.45, 7) is 8.01. The van der Waals surface area contributed by atoms with E-state index in [1.54, 1.807) is 54.1 Å². The molecule has 0 spiro atoms. The first-order valence-corrected chi connectivity index (χ1v) is 12.3. The second-order valence-electron chi connectivity index (χ2n) is 8.98. The van der Waals surface area contributed by atoms with Gasteiger partial charge in [-0.1, -0.05) is 43.6 Å².